The van der Waals surface area contributed by atoms with Gasteiger partial charge in [-0.25, -0.2) is 0 Å². The number of carbonyl (C=O) groups excluding carboxylic acids is 2. The van der Waals surface area contributed by atoms with Gasteiger partial charge in [-0.05, 0) is 36.2 Å². The number of hydrogen-bond acceptors (Lipinski definition) is 4. The summed E-state index contributed by atoms with van der Waals surface area (Å²) in [6.07, 6.45) is 2.24. The molecule has 0 spiro atoms. The monoisotopic (exact) mass is 402 g/mol. The van der Waals surface area contributed by atoms with Gasteiger partial charge in [-0.2, -0.15) is 0 Å². The van der Waals surface area contributed by atoms with Crippen LogP contribution < -0.4 is 10.6 Å². The van der Waals surface area contributed by atoms with Crippen LogP contribution in [0.1, 0.15) is 40.8 Å². The van der Waals surface area contributed by atoms with Crippen molar-refractivity contribution in [2.45, 2.75) is 18.9 Å². The van der Waals surface area contributed by atoms with E-state index in [1.807, 2.05) is 60.7 Å². The molecule has 0 aliphatic rings. The third-order valence-electron chi connectivity index (χ3n) is 4.78. The number of furan rings is 2. The van der Waals surface area contributed by atoms with Gasteiger partial charge in [0.2, 0.25) is 5.91 Å². The van der Waals surface area contributed by atoms with E-state index in [0.29, 0.717) is 18.7 Å². The molecule has 30 heavy (non-hydrogen) atoms. The van der Waals surface area contributed by atoms with Crippen LogP contribution >= 0.6 is 0 Å². The van der Waals surface area contributed by atoms with Crippen LogP contribution in [0.15, 0.2) is 87.9 Å². The fourth-order valence-corrected chi connectivity index (χ4v) is 3.29. The Morgan fingerprint density at radius 3 is 2.50 bits per heavy atom. The summed E-state index contributed by atoms with van der Waals surface area (Å²) in [6.45, 7) is 0.383. The lowest BCUT2D eigenvalue weighted by Gasteiger charge is -2.17. The van der Waals surface area contributed by atoms with Crippen LogP contribution in [0.2, 0.25) is 0 Å². The lowest BCUT2D eigenvalue weighted by molar-refractivity contribution is -0.121. The van der Waals surface area contributed by atoms with E-state index >= 15 is 0 Å². The van der Waals surface area contributed by atoms with Crippen molar-refractivity contribution < 1.29 is 18.4 Å². The summed E-state index contributed by atoms with van der Waals surface area (Å²) in [5, 5.41) is 6.80. The van der Waals surface area contributed by atoms with E-state index in [9.17, 15) is 9.59 Å². The highest BCUT2D eigenvalue weighted by Gasteiger charge is 2.20. The number of rotatable bonds is 8. The summed E-state index contributed by atoms with van der Waals surface area (Å²) in [4.78, 5) is 24.5. The Balaban J connectivity index is 1.39. The van der Waals surface area contributed by atoms with Crippen LogP contribution in [-0.2, 0) is 4.79 Å². The van der Waals surface area contributed by atoms with Crippen molar-refractivity contribution in [3.8, 4) is 0 Å². The quantitative estimate of drug-likeness (QED) is 0.427. The summed E-state index contributed by atoms with van der Waals surface area (Å²) < 4.78 is 11.0. The largest absolute Gasteiger partial charge is 0.459 e. The molecule has 2 aromatic heterocycles. The Morgan fingerprint density at radius 2 is 1.73 bits per heavy atom. The zero-order valence-electron chi connectivity index (χ0n) is 16.3. The SMILES string of the molecule is O=C(CCCNC(=O)c1ccco1)NC(c1ccccc1)c1cc2ccccc2o1. The van der Waals surface area contributed by atoms with Gasteiger partial charge in [0.05, 0.1) is 6.26 Å². The van der Waals surface area contributed by atoms with Crippen molar-refractivity contribution in [1.29, 1.82) is 0 Å². The first-order valence-electron chi connectivity index (χ1n) is 9.85. The minimum Gasteiger partial charge on any atom is -0.459 e. The van der Waals surface area contributed by atoms with E-state index in [2.05, 4.69) is 10.6 Å². The number of fused-ring (bicyclic) bond motifs is 1. The molecule has 6 nitrogen and oxygen atoms in total. The number of amides is 2. The first-order valence-corrected chi connectivity index (χ1v) is 9.85. The molecular formula is C24H22N2O4. The molecule has 4 rings (SSSR count). The molecule has 2 N–H and O–H groups in total. The van der Waals surface area contributed by atoms with E-state index in [0.717, 1.165) is 16.5 Å². The topological polar surface area (TPSA) is 84.5 Å². The Bertz CT molecular complexity index is 1080. The van der Waals surface area contributed by atoms with Crippen LogP contribution in [0, 0.1) is 0 Å². The van der Waals surface area contributed by atoms with E-state index in [1.54, 1.807) is 12.1 Å². The van der Waals surface area contributed by atoms with Crippen LogP contribution in [0.4, 0.5) is 0 Å². The van der Waals surface area contributed by atoms with Gasteiger partial charge in [0.15, 0.2) is 5.76 Å². The highest BCUT2D eigenvalue weighted by atomic mass is 16.3. The van der Waals surface area contributed by atoms with Gasteiger partial charge in [-0.15, -0.1) is 0 Å². The van der Waals surface area contributed by atoms with Crippen molar-refractivity contribution in [2.75, 3.05) is 6.54 Å². The standard InChI is InChI=1S/C24H22N2O4/c27-22(13-6-14-25-24(28)20-12-7-15-29-20)26-23(17-8-2-1-3-9-17)21-16-18-10-4-5-11-19(18)30-21/h1-5,7-12,15-16,23H,6,13-14H2,(H,25,28)(H,26,27). The molecule has 0 fully saturated rings. The molecule has 1 unspecified atom stereocenters. The molecule has 0 radical (unpaired) electrons. The van der Waals surface area contributed by atoms with E-state index < -0.39 is 0 Å². The third kappa shape index (κ3) is 4.60. The van der Waals surface area contributed by atoms with Crippen molar-refractivity contribution in [3.63, 3.8) is 0 Å². The lowest BCUT2D eigenvalue weighted by atomic mass is 10.0. The zero-order valence-corrected chi connectivity index (χ0v) is 16.3. The second-order valence-electron chi connectivity index (χ2n) is 6.93. The van der Waals surface area contributed by atoms with Crippen molar-refractivity contribution in [2.24, 2.45) is 0 Å². The third-order valence-corrected chi connectivity index (χ3v) is 4.78. The van der Waals surface area contributed by atoms with Gasteiger partial charge in [0, 0.05) is 18.4 Å². The highest BCUT2D eigenvalue weighted by molar-refractivity contribution is 5.91. The van der Waals surface area contributed by atoms with Crippen molar-refractivity contribution >= 4 is 22.8 Å². The molecular weight excluding hydrogens is 380 g/mol. The minimum atomic E-state index is -0.385. The number of hydrogen-bond donors (Lipinski definition) is 2. The smallest absolute Gasteiger partial charge is 0.286 e. The Morgan fingerprint density at radius 1 is 0.933 bits per heavy atom. The van der Waals surface area contributed by atoms with Gasteiger partial charge >= 0.3 is 0 Å². The maximum atomic E-state index is 12.6. The van der Waals surface area contributed by atoms with E-state index in [1.165, 1.54) is 6.26 Å². The second-order valence-corrected chi connectivity index (χ2v) is 6.93. The predicted octanol–water partition coefficient (Wildman–Crippen LogP) is 4.44. The van der Waals surface area contributed by atoms with Crippen LogP contribution in [0.25, 0.3) is 11.0 Å². The molecule has 1 atom stereocenters. The predicted molar refractivity (Wildman–Crippen MR) is 113 cm³/mol. The molecule has 0 saturated heterocycles. The first kappa shape index (κ1) is 19.5. The van der Waals surface area contributed by atoms with Gasteiger partial charge < -0.3 is 19.5 Å². The van der Waals surface area contributed by atoms with Gasteiger partial charge in [-0.3, -0.25) is 9.59 Å². The first-order chi connectivity index (χ1) is 14.7. The molecule has 0 bridgehead atoms. The molecule has 152 valence electrons. The summed E-state index contributed by atoms with van der Waals surface area (Å²) >= 11 is 0. The average molecular weight is 402 g/mol. The fraction of sp³-hybridized carbons (Fsp3) is 0.167. The Kier molecular flexibility index (Phi) is 5.94. The number of benzene rings is 2. The average Bonchev–Trinajstić information content (AvgIpc) is 3.45. The van der Waals surface area contributed by atoms with Crippen molar-refractivity contribution in [1.82, 2.24) is 10.6 Å². The van der Waals surface area contributed by atoms with Crippen LogP contribution in [-0.4, -0.2) is 18.4 Å². The highest BCUT2D eigenvalue weighted by Crippen LogP contribution is 2.28. The Hall–Kier alpha value is -3.80. The molecule has 6 heteroatoms. The molecule has 4 aromatic rings. The van der Waals surface area contributed by atoms with Crippen LogP contribution in [0.5, 0.6) is 0 Å². The van der Waals surface area contributed by atoms with Crippen LogP contribution in [0.3, 0.4) is 0 Å². The number of nitrogens with one attached hydrogen (secondary N) is 2. The fourth-order valence-electron chi connectivity index (χ4n) is 3.29. The molecule has 0 aliphatic heterocycles. The summed E-state index contributed by atoms with van der Waals surface area (Å²) in [5.74, 6) is 0.539. The molecule has 0 aliphatic carbocycles. The lowest BCUT2D eigenvalue weighted by Crippen LogP contribution is -2.30. The van der Waals surface area contributed by atoms with Gasteiger partial charge in [0.25, 0.3) is 5.91 Å². The Labute approximate surface area is 173 Å². The maximum Gasteiger partial charge on any atom is 0.286 e. The van der Waals surface area contributed by atoms with E-state index in [-0.39, 0.29) is 30.0 Å². The van der Waals surface area contributed by atoms with E-state index in [4.69, 9.17) is 8.83 Å². The number of para-hydroxylation sites is 1. The summed E-state index contributed by atoms with van der Waals surface area (Å²) in [6, 6.07) is 22.3. The van der Waals surface area contributed by atoms with Crippen molar-refractivity contribution in [3.05, 3.63) is 96.1 Å². The maximum absolute atomic E-state index is 12.6. The normalized spacial score (nSPS) is 11.9. The summed E-state index contributed by atoms with van der Waals surface area (Å²) in [7, 11) is 0. The number of carbonyl (C=O) groups is 2. The zero-order chi connectivity index (χ0) is 20.8. The molecule has 2 aromatic carbocycles. The molecule has 2 heterocycles. The van der Waals surface area contributed by atoms with Gasteiger partial charge in [-0.1, -0.05) is 48.5 Å². The molecule has 2 amide bonds. The second kappa shape index (κ2) is 9.13. The van der Waals surface area contributed by atoms with Gasteiger partial charge in [0.1, 0.15) is 17.4 Å². The minimum absolute atomic E-state index is 0.114. The summed E-state index contributed by atoms with van der Waals surface area (Å²) in [5.41, 5.74) is 1.72. The molecule has 0 saturated carbocycles.